The van der Waals surface area contributed by atoms with Crippen LogP contribution in [0, 0.1) is 0 Å². The predicted molar refractivity (Wildman–Crippen MR) is 85.1 cm³/mol. The van der Waals surface area contributed by atoms with Crippen molar-refractivity contribution in [1.82, 2.24) is 4.98 Å². The normalized spacial score (nSPS) is 13.9. The number of nitrogens with one attached hydrogen (secondary N) is 1. The van der Waals surface area contributed by atoms with Crippen molar-refractivity contribution >= 4 is 17.3 Å². The monoisotopic (exact) mass is 292 g/mol. The van der Waals surface area contributed by atoms with Crippen LogP contribution in [0.1, 0.15) is 46.0 Å². The van der Waals surface area contributed by atoms with E-state index in [4.69, 9.17) is 0 Å². The Kier molecular flexibility index (Phi) is 3.59. The van der Waals surface area contributed by atoms with Crippen LogP contribution in [0.5, 0.6) is 0 Å². The SMILES string of the molecule is CC(C)c1ccccc1NC1=CC(=O)c2ccncc2C1=O. The smallest absolute Gasteiger partial charge is 0.211 e. The number of aromatic nitrogens is 1. The molecule has 4 nitrogen and oxygen atoms in total. The van der Waals surface area contributed by atoms with Gasteiger partial charge in [-0.05, 0) is 23.6 Å². The van der Waals surface area contributed by atoms with Crippen molar-refractivity contribution in [2.24, 2.45) is 0 Å². The molecular formula is C18H16N2O2. The summed E-state index contributed by atoms with van der Waals surface area (Å²) in [5, 5.41) is 3.11. The van der Waals surface area contributed by atoms with Crippen molar-refractivity contribution in [2.75, 3.05) is 5.32 Å². The van der Waals surface area contributed by atoms with Crippen LogP contribution < -0.4 is 5.32 Å². The molecule has 110 valence electrons. The van der Waals surface area contributed by atoms with Gasteiger partial charge in [-0.25, -0.2) is 0 Å². The zero-order valence-electron chi connectivity index (χ0n) is 12.5. The Hall–Kier alpha value is -2.75. The summed E-state index contributed by atoms with van der Waals surface area (Å²) in [5.41, 5.74) is 2.98. The van der Waals surface area contributed by atoms with Gasteiger partial charge < -0.3 is 5.32 Å². The number of carbonyl (C=O) groups is 2. The van der Waals surface area contributed by atoms with Crippen LogP contribution in [-0.4, -0.2) is 16.6 Å². The number of rotatable bonds is 3. The van der Waals surface area contributed by atoms with Gasteiger partial charge in [-0.15, -0.1) is 0 Å². The second kappa shape index (κ2) is 5.56. The molecule has 1 aliphatic rings. The third-order valence-electron chi connectivity index (χ3n) is 3.70. The summed E-state index contributed by atoms with van der Waals surface area (Å²) in [6.45, 7) is 4.17. The van der Waals surface area contributed by atoms with E-state index in [1.54, 1.807) is 6.07 Å². The summed E-state index contributed by atoms with van der Waals surface area (Å²) in [5.74, 6) is -0.0737. The van der Waals surface area contributed by atoms with Crippen LogP contribution in [0.3, 0.4) is 0 Å². The van der Waals surface area contributed by atoms with Gasteiger partial charge in [0.2, 0.25) is 5.78 Å². The number of para-hydroxylation sites is 1. The maximum atomic E-state index is 12.5. The van der Waals surface area contributed by atoms with Crippen LogP contribution in [0.15, 0.2) is 54.5 Å². The molecule has 1 aromatic heterocycles. The first-order valence-electron chi connectivity index (χ1n) is 7.18. The van der Waals surface area contributed by atoms with Crippen LogP contribution >= 0.6 is 0 Å². The van der Waals surface area contributed by atoms with Crippen molar-refractivity contribution in [2.45, 2.75) is 19.8 Å². The second-order valence-electron chi connectivity index (χ2n) is 5.54. The van der Waals surface area contributed by atoms with E-state index in [1.807, 2.05) is 24.3 Å². The minimum Gasteiger partial charge on any atom is -0.352 e. The molecule has 0 saturated carbocycles. The Morgan fingerprint density at radius 1 is 1.05 bits per heavy atom. The molecule has 1 N–H and O–H groups in total. The molecule has 1 aliphatic carbocycles. The molecule has 1 aromatic carbocycles. The van der Waals surface area contributed by atoms with E-state index >= 15 is 0 Å². The molecule has 1 heterocycles. The zero-order chi connectivity index (χ0) is 15.7. The third kappa shape index (κ3) is 2.44. The summed E-state index contributed by atoms with van der Waals surface area (Å²) < 4.78 is 0. The molecule has 0 amide bonds. The summed E-state index contributed by atoms with van der Waals surface area (Å²) in [4.78, 5) is 28.6. The molecule has 0 atom stereocenters. The lowest BCUT2D eigenvalue weighted by molar-refractivity contribution is 0.0985. The number of hydrogen-bond acceptors (Lipinski definition) is 4. The van der Waals surface area contributed by atoms with Gasteiger partial charge in [0.1, 0.15) is 0 Å². The number of ketones is 2. The summed E-state index contributed by atoms with van der Waals surface area (Å²) in [6, 6.07) is 9.36. The predicted octanol–water partition coefficient (Wildman–Crippen LogP) is 3.58. The standard InChI is InChI=1S/C18H16N2O2/c1-11(2)12-5-3-4-6-15(12)20-16-9-17(21)13-7-8-19-10-14(13)18(16)22/h3-11,20H,1-2H3. The number of anilines is 1. The Bertz CT molecular complexity index is 791. The fourth-order valence-electron chi connectivity index (χ4n) is 2.56. The van der Waals surface area contributed by atoms with Crippen molar-refractivity contribution in [1.29, 1.82) is 0 Å². The fraction of sp³-hybridized carbons (Fsp3) is 0.167. The molecule has 0 unspecified atom stereocenters. The number of nitrogens with zero attached hydrogens (tertiary/aromatic N) is 1. The van der Waals surface area contributed by atoms with Crippen molar-refractivity contribution in [3.05, 3.63) is 71.2 Å². The highest BCUT2D eigenvalue weighted by molar-refractivity contribution is 6.25. The van der Waals surface area contributed by atoms with Gasteiger partial charge >= 0.3 is 0 Å². The van der Waals surface area contributed by atoms with Crippen LogP contribution in [-0.2, 0) is 0 Å². The van der Waals surface area contributed by atoms with Crippen LogP contribution in [0.4, 0.5) is 5.69 Å². The molecule has 0 radical (unpaired) electrons. The topological polar surface area (TPSA) is 59.1 Å². The van der Waals surface area contributed by atoms with Gasteiger partial charge in [-0.2, -0.15) is 0 Å². The summed E-state index contributed by atoms with van der Waals surface area (Å²) in [6.07, 6.45) is 4.32. The van der Waals surface area contributed by atoms with Gasteiger partial charge in [-0.3, -0.25) is 14.6 Å². The average Bonchev–Trinajstić information content (AvgIpc) is 2.53. The molecule has 0 aliphatic heterocycles. The van der Waals surface area contributed by atoms with Crippen LogP contribution in [0.25, 0.3) is 0 Å². The lowest BCUT2D eigenvalue weighted by Gasteiger charge is -2.19. The highest BCUT2D eigenvalue weighted by Gasteiger charge is 2.26. The first kappa shape index (κ1) is 14.2. The number of hydrogen-bond donors (Lipinski definition) is 1. The van der Waals surface area contributed by atoms with E-state index in [0.29, 0.717) is 22.7 Å². The van der Waals surface area contributed by atoms with E-state index < -0.39 is 0 Å². The first-order chi connectivity index (χ1) is 10.6. The molecule has 0 fully saturated rings. The van der Waals surface area contributed by atoms with Gasteiger partial charge in [-0.1, -0.05) is 32.0 Å². The number of allylic oxidation sites excluding steroid dienone is 2. The maximum absolute atomic E-state index is 12.5. The lowest BCUT2D eigenvalue weighted by Crippen LogP contribution is -2.22. The molecular weight excluding hydrogens is 276 g/mol. The average molecular weight is 292 g/mol. The highest BCUT2D eigenvalue weighted by atomic mass is 16.1. The largest absolute Gasteiger partial charge is 0.352 e. The second-order valence-corrected chi connectivity index (χ2v) is 5.54. The molecule has 2 aromatic rings. The zero-order valence-corrected chi connectivity index (χ0v) is 12.5. The number of carbonyl (C=O) groups excluding carboxylic acids is 2. The highest BCUT2D eigenvalue weighted by Crippen LogP contribution is 2.27. The van der Waals surface area contributed by atoms with Gasteiger partial charge in [0.15, 0.2) is 5.78 Å². The fourth-order valence-corrected chi connectivity index (χ4v) is 2.56. The van der Waals surface area contributed by atoms with E-state index in [-0.39, 0.29) is 11.6 Å². The Morgan fingerprint density at radius 2 is 1.82 bits per heavy atom. The summed E-state index contributed by atoms with van der Waals surface area (Å²) >= 11 is 0. The summed E-state index contributed by atoms with van der Waals surface area (Å²) in [7, 11) is 0. The van der Waals surface area contributed by atoms with Gasteiger partial charge in [0.05, 0.1) is 11.3 Å². The number of Topliss-reactive ketones (excluding diaryl/α,β-unsaturated/α-hetero) is 1. The van der Waals surface area contributed by atoms with Crippen molar-refractivity contribution in [3.63, 3.8) is 0 Å². The Labute approximate surface area is 128 Å². The molecule has 3 rings (SSSR count). The van der Waals surface area contributed by atoms with Gasteiger partial charge in [0.25, 0.3) is 0 Å². The number of fused-ring (bicyclic) bond motifs is 1. The minimum atomic E-state index is -0.207. The van der Waals surface area contributed by atoms with Gasteiger partial charge in [0, 0.05) is 29.7 Å². The number of benzene rings is 1. The Morgan fingerprint density at radius 3 is 2.59 bits per heavy atom. The molecule has 4 heteroatoms. The molecule has 0 spiro atoms. The van der Waals surface area contributed by atoms with Crippen molar-refractivity contribution < 1.29 is 9.59 Å². The first-order valence-corrected chi connectivity index (χ1v) is 7.18. The van der Waals surface area contributed by atoms with E-state index in [0.717, 1.165) is 11.3 Å². The van der Waals surface area contributed by atoms with Crippen LogP contribution in [0.2, 0.25) is 0 Å². The minimum absolute atomic E-state index is 0.179. The molecule has 0 saturated heterocycles. The quantitative estimate of drug-likeness (QED) is 0.939. The molecule has 0 bridgehead atoms. The third-order valence-corrected chi connectivity index (χ3v) is 3.70. The maximum Gasteiger partial charge on any atom is 0.211 e. The Balaban J connectivity index is 1.98. The number of pyridine rings is 1. The van der Waals surface area contributed by atoms with Crippen molar-refractivity contribution in [3.8, 4) is 0 Å². The molecule has 22 heavy (non-hydrogen) atoms. The van der Waals surface area contributed by atoms with E-state index in [2.05, 4.69) is 24.1 Å². The lowest BCUT2D eigenvalue weighted by atomic mass is 9.94. The van der Waals surface area contributed by atoms with E-state index in [1.165, 1.54) is 18.5 Å². The van der Waals surface area contributed by atoms with E-state index in [9.17, 15) is 9.59 Å².